The number of nitrogens with zero attached hydrogens (tertiary/aromatic N) is 1. The highest BCUT2D eigenvalue weighted by atomic mass is 19.1. The molecule has 1 amide bonds. The maximum absolute atomic E-state index is 13.4. The van der Waals surface area contributed by atoms with Crippen LogP contribution in [0, 0.1) is 21.8 Å². The van der Waals surface area contributed by atoms with E-state index in [4.69, 9.17) is 5.11 Å². The van der Waals surface area contributed by atoms with Crippen molar-refractivity contribution in [1.29, 1.82) is 0 Å². The van der Waals surface area contributed by atoms with Crippen molar-refractivity contribution >= 4 is 17.6 Å². The third-order valence-corrected chi connectivity index (χ3v) is 2.93. The van der Waals surface area contributed by atoms with Gasteiger partial charge >= 0.3 is 11.7 Å². The number of rotatable bonds is 7. The molecule has 0 heterocycles. The molecule has 1 rings (SSSR count). The number of amides is 1. The predicted octanol–water partition coefficient (Wildman–Crippen LogP) is 1.96. The van der Waals surface area contributed by atoms with Crippen LogP contribution in [-0.4, -0.2) is 28.5 Å². The zero-order valence-corrected chi connectivity index (χ0v) is 11.3. The molecule has 0 spiro atoms. The number of carboxylic acids is 1. The number of nitrogens with one attached hydrogen (secondary N) is 1. The summed E-state index contributed by atoms with van der Waals surface area (Å²) in [5, 5.41) is 21.6. The molecule has 8 heteroatoms. The molecule has 0 aromatic heterocycles. The smallest absolute Gasteiger partial charge is 0.306 e. The van der Waals surface area contributed by atoms with Crippen LogP contribution in [0.25, 0.3) is 0 Å². The molecule has 21 heavy (non-hydrogen) atoms. The van der Waals surface area contributed by atoms with Gasteiger partial charge in [0.1, 0.15) is 0 Å². The minimum Gasteiger partial charge on any atom is -0.481 e. The standard InChI is InChI=1S/C13H15FN2O5/c1-8(13(18)19)3-2-6-15-12(17)9-4-5-11(16(20)21)10(14)7-9/h4-5,7-8H,2-3,6H2,1H3,(H,15,17)(H,18,19). The highest BCUT2D eigenvalue weighted by Gasteiger charge is 2.16. The molecule has 0 fully saturated rings. The Balaban J connectivity index is 2.51. The van der Waals surface area contributed by atoms with Gasteiger partial charge in [-0.15, -0.1) is 0 Å². The van der Waals surface area contributed by atoms with Crippen LogP contribution in [-0.2, 0) is 4.79 Å². The van der Waals surface area contributed by atoms with E-state index >= 15 is 0 Å². The van der Waals surface area contributed by atoms with Crippen molar-refractivity contribution in [2.45, 2.75) is 19.8 Å². The molecular formula is C13H15FN2O5. The van der Waals surface area contributed by atoms with Gasteiger partial charge < -0.3 is 10.4 Å². The van der Waals surface area contributed by atoms with Crippen LogP contribution < -0.4 is 5.32 Å². The number of nitro benzene ring substituents is 1. The van der Waals surface area contributed by atoms with E-state index in [1.807, 2.05) is 0 Å². The van der Waals surface area contributed by atoms with E-state index in [2.05, 4.69) is 5.32 Å². The topological polar surface area (TPSA) is 110 Å². The molecule has 1 unspecified atom stereocenters. The Hall–Kier alpha value is -2.51. The lowest BCUT2D eigenvalue weighted by molar-refractivity contribution is -0.387. The fourth-order valence-electron chi connectivity index (χ4n) is 1.63. The molecule has 1 atom stereocenters. The Bertz CT molecular complexity index is 561. The van der Waals surface area contributed by atoms with Gasteiger partial charge in [-0.25, -0.2) is 0 Å². The van der Waals surface area contributed by atoms with Gasteiger partial charge in [0.15, 0.2) is 0 Å². The summed E-state index contributed by atoms with van der Waals surface area (Å²) in [7, 11) is 0. The Labute approximate surface area is 119 Å². The summed E-state index contributed by atoms with van der Waals surface area (Å²) in [4.78, 5) is 31.9. The monoisotopic (exact) mass is 298 g/mol. The fourth-order valence-corrected chi connectivity index (χ4v) is 1.63. The molecule has 2 N–H and O–H groups in total. The Morgan fingerprint density at radius 2 is 2.14 bits per heavy atom. The Kier molecular flexibility index (Phi) is 5.77. The average Bonchev–Trinajstić information content (AvgIpc) is 2.42. The zero-order chi connectivity index (χ0) is 16.0. The third kappa shape index (κ3) is 4.83. The van der Waals surface area contributed by atoms with E-state index < -0.39 is 34.2 Å². The SMILES string of the molecule is CC(CCCNC(=O)c1ccc([N+](=O)[O-])c(F)c1)C(=O)O. The Morgan fingerprint density at radius 1 is 1.48 bits per heavy atom. The summed E-state index contributed by atoms with van der Waals surface area (Å²) < 4.78 is 13.4. The number of benzene rings is 1. The Morgan fingerprint density at radius 3 is 2.67 bits per heavy atom. The molecule has 1 aromatic rings. The van der Waals surface area contributed by atoms with Crippen molar-refractivity contribution in [2.75, 3.05) is 6.54 Å². The van der Waals surface area contributed by atoms with E-state index in [9.17, 15) is 24.1 Å². The van der Waals surface area contributed by atoms with Crippen LogP contribution in [0.1, 0.15) is 30.1 Å². The molecule has 0 saturated heterocycles. The molecule has 1 aromatic carbocycles. The number of aliphatic carboxylic acids is 1. The van der Waals surface area contributed by atoms with Gasteiger partial charge in [0, 0.05) is 18.2 Å². The van der Waals surface area contributed by atoms with E-state index in [0.717, 1.165) is 18.2 Å². The van der Waals surface area contributed by atoms with Crippen molar-refractivity contribution < 1.29 is 24.0 Å². The van der Waals surface area contributed by atoms with Crippen LogP contribution in [0.15, 0.2) is 18.2 Å². The van der Waals surface area contributed by atoms with E-state index in [0.29, 0.717) is 12.8 Å². The predicted molar refractivity (Wildman–Crippen MR) is 71.4 cm³/mol. The van der Waals surface area contributed by atoms with Crippen molar-refractivity contribution in [1.82, 2.24) is 5.32 Å². The molecule has 0 bridgehead atoms. The first-order chi connectivity index (χ1) is 9.82. The van der Waals surface area contributed by atoms with Crippen LogP contribution in [0.3, 0.4) is 0 Å². The minimum absolute atomic E-state index is 0.0237. The summed E-state index contributed by atoms with van der Waals surface area (Å²) in [6.45, 7) is 1.81. The maximum atomic E-state index is 13.4. The molecule has 0 aliphatic rings. The van der Waals surface area contributed by atoms with Gasteiger partial charge in [-0.3, -0.25) is 19.7 Å². The summed E-state index contributed by atoms with van der Waals surface area (Å²) in [5.74, 6) is -3.04. The van der Waals surface area contributed by atoms with Crippen LogP contribution in [0.5, 0.6) is 0 Å². The quantitative estimate of drug-likeness (QED) is 0.454. The highest BCUT2D eigenvalue weighted by molar-refractivity contribution is 5.94. The van der Waals surface area contributed by atoms with Gasteiger partial charge in [0.05, 0.1) is 10.8 Å². The number of nitro groups is 1. The normalized spacial score (nSPS) is 11.7. The van der Waals surface area contributed by atoms with Gasteiger partial charge in [0.2, 0.25) is 5.82 Å². The van der Waals surface area contributed by atoms with E-state index in [1.165, 1.54) is 0 Å². The lowest BCUT2D eigenvalue weighted by Gasteiger charge is -2.07. The van der Waals surface area contributed by atoms with Crippen molar-refractivity contribution in [3.8, 4) is 0 Å². The molecule has 7 nitrogen and oxygen atoms in total. The van der Waals surface area contributed by atoms with Crippen LogP contribution in [0.4, 0.5) is 10.1 Å². The second kappa shape index (κ2) is 7.32. The maximum Gasteiger partial charge on any atom is 0.306 e. The summed E-state index contributed by atoms with van der Waals surface area (Å²) in [5.41, 5.74) is -0.716. The summed E-state index contributed by atoms with van der Waals surface area (Å²) in [6, 6.07) is 2.89. The number of carbonyl (C=O) groups is 2. The first-order valence-corrected chi connectivity index (χ1v) is 6.28. The first-order valence-electron chi connectivity index (χ1n) is 6.28. The number of halogens is 1. The largest absolute Gasteiger partial charge is 0.481 e. The summed E-state index contributed by atoms with van der Waals surface area (Å²) in [6.07, 6.45) is 0.874. The van der Waals surface area contributed by atoms with Crippen LogP contribution in [0.2, 0.25) is 0 Å². The number of carbonyl (C=O) groups excluding carboxylic acids is 1. The van der Waals surface area contributed by atoms with Crippen molar-refractivity contribution in [2.24, 2.45) is 5.92 Å². The molecule has 0 aliphatic carbocycles. The lowest BCUT2D eigenvalue weighted by atomic mass is 10.1. The van der Waals surface area contributed by atoms with Crippen molar-refractivity contribution in [3.05, 3.63) is 39.7 Å². The minimum atomic E-state index is -1.08. The lowest BCUT2D eigenvalue weighted by Crippen LogP contribution is -2.25. The van der Waals surface area contributed by atoms with Gasteiger partial charge in [-0.05, 0) is 25.0 Å². The molecule has 0 aliphatic heterocycles. The molecule has 0 radical (unpaired) electrons. The molecule has 114 valence electrons. The summed E-state index contributed by atoms with van der Waals surface area (Å²) >= 11 is 0. The molecule has 0 saturated carbocycles. The fraction of sp³-hybridized carbons (Fsp3) is 0.385. The first kappa shape index (κ1) is 16.5. The average molecular weight is 298 g/mol. The second-order valence-electron chi connectivity index (χ2n) is 4.56. The number of carboxylic acid groups (broad SMARTS) is 1. The van der Waals surface area contributed by atoms with E-state index in [1.54, 1.807) is 6.92 Å². The highest BCUT2D eigenvalue weighted by Crippen LogP contribution is 2.17. The second-order valence-corrected chi connectivity index (χ2v) is 4.56. The van der Waals surface area contributed by atoms with Gasteiger partial charge in [0.25, 0.3) is 5.91 Å². The third-order valence-electron chi connectivity index (χ3n) is 2.93. The molecular weight excluding hydrogens is 283 g/mol. The van der Waals surface area contributed by atoms with Crippen molar-refractivity contribution in [3.63, 3.8) is 0 Å². The van der Waals surface area contributed by atoms with E-state index in [-0.39, 0.29) is 12.1 Å². The number of hydrogen-bond acceptors (Lipinski definition) is 4. The van der Waals surface area contributed by atoms with Gasteiger partial charge in [-0.1, -0.05) is 6.92 Å². The zero-order valence-electron chi connectivity index (χ0n) is 11.3. The van der Waals surface area contributed by atoms with Gasteiger partial charge in [-0.2, -0.15) is 4.39 Å². The van der Waals surface area contributed by atoms with Crippen LogP contribution >= 0.6 is 0 Å². The number of hydrogen-bond donors (Lipinski definition) is 2.